The molecule has 2 aromatic rings. The van der Waals surface area contributed by atoms with Crippen molar-refractivity contribution in [3.8, 4) is 0 Å². The van der Waals surface area contributed by atoms with E-state index in [9.17, 15) is 13.2 Å². The first-order valence-corrected chi connectivity index (χ1v) is 5.50. The van der Waals surface area contributed by atoms with Crippen molar-refractivity contribution in [2.75, 3.05) is 5.32 Å². The highest BCUT2D eigenvalue weighted by atomic mass is 19.4. The summed E-state index contributed by atoms with van der Waals surface area (Å²) in [6.07, 6.45) is -4.34. The van der Waals surface area contributed by atoms with E-state index in [2.05, 4.69) is 5.32 Å². The van der Waals surface area contributed by atoms with Gasteiger partial charge in [0, 0.05) is 5.69 Å². The molecule has 0 fully saturated rings. The Morgan fingerprint density at radius 3 is 1.78 bits per heavy atom. The zero-order valence-electron chi connectivity index (χ0n) is 9.48. The lowest BCUT2D eigenvalue weighted by Crippen LogP contribution is -2.27. The molecule has 4 heteroatoms. The molecule has 1 N–H and O–H groups in total. The maximum atomic E-state index is 13.0. The van der Waals surface area contributed by atoms with Gasteiger partial charge in [0.25, 0.3) is 0 Å². The van der Waals surface area contributed by atoms with Crippen LogP contribution in [0.5, 0.6) is 0 Å². The minimum atomic E-state index is -4.34. The first kappa shape index (κ1) is 12.5. The molecule has 0 aliphatic heterocycles. The van der Waals surface area contributed by atoms with E-state index in [0.29, 0.717) is 5.69 Å². The number of halogens is 3. The highest BCUT2D eigenvalue weighted by Crippen LogP contribution is 2.35. The maximum Gasteiger partial charge on any atom is 0.412 e. The van der Waals surface area contributed by atoms with Gasteiger partial charge in [-0.2, -0.15) is 13.2 Å². The van der Waals surface area contributed by atoms with Gasteiger partial charge in [-0.1, -0.05) is 48.5 Å². The van der Waals surface area contributed by atoms with Gasteiger partial charge in [-0.05, 0) is 17.7 Å². The second-order valence-electron chi connectivity index (χ2n) is 3.90. The Hall–Kier alpha value is -1.97. The molecule has 0 bridgehead atoms. The van der Waals surface area contributed by atoms with Crippen molar-refractivity contribution in [2.24, 2.45) is 0 Å². The lowest BCUT2D eigenvalue weighted by molar-refractivity contribution is -0.144. The van der Waals surface area contributed by atoms with Gasteiger partial charge in [0.05, 0.1) is 0 Å². The van der Waals surface area contributed by atoms with Crippen LogP contribution in [0.1, 0.15) is 11.6 Å². The maximum absolute atomic E-state index is 13.0. The molecule has 1 atom stereocenters. The van der Waals surface area contributed by atoms with Crippen LogP contribution in [0.3, 0.4) is 0 Å². The highest BCUT2D eigenvalue weighted by molar-refractivity contribution is 5.45. The minimum absolute atomic E-state index is 0.203. The summed E-state index contributed by atoms with van der Waals surface area (Å²) in [4.78, 5) is 0. The molecular formula is C14H12F3N. The molecule has 0 aromatic heterocycles. The molecule has 18 heavy (non-hydrogen) atoms. The Morgan fingerprint density at radius 2 is 1.28 bits per heavy atom. The number of anilines is 1. The smallest absolute Gasteiger partial charge is 0.370 e. The second kappa shape index (κ2) is 5.12. The van der Waals surface area contributed by atoms with Crippen molar-refractivity contribution in [1.29, 1.82) is 0 Å². The molecule has 94 valence electrons. The molecule has 0 aliphatic rings. The van der Waals surface area contributed by atoms with Crippen molar-refractivity contribution < 1.29 is 13.2 Å². The zero-order valence-corrected chi connectivity index (χ0v) is 9.48. The van der Waals surface area contributed by atoms with Gasteiger partial charge >= 0.3 is 6.18 Å². The molecule has 0 saturated carbocycles. The molecule has 2 rings (SSSR count). The Balaban J connectivity index is 2.28. The number of rotatable bonds is 3. The average molecular weight is 251 g/mol. The lowest BCUT2D eigenvalue weighted by Gasteiger charge is -2.23. The summed E-state index contributed by atoms with van der Waals surface area (Å²) in [5, 5.41) is 2.51. The summed E-state index contributed by atoms with van der Waals surface area (Å²) < 4.78 is 39.1. The van der Waals surface area contributed by atoms with Gasteiger partial charge in [-0.15, -0.1) is 0 Å². The van der Waals surface area contributed by atoms with Crippen LogP contribution in [-0.4, -0.2) is 6.18 Å². The summed E-state index contributed by atoms with van der Waals surface area (Å²) >= 11 is 0. The Kier molecular flexibility index (Phi) is 3.55. The van der Waals surface area contributed by atoms with E-state index in [1.54, 1.807) is 48.5 Å². The summed E-state index contributed by atoms with van der Waals surface area (Å²) in [6.45, 7) is 0. The topological polar surface area (TPSA) is 12.0 Å². The molecule has 0 heterocycles. The summed E-state index contributed by atoms with van der Waals surface area (Å²) in [5.74, 6) is 0. The fourth-order valence-corrected chi connectivity index (χ4v) is 1.70. The van der Waals surface area contributed by atoms with Crippen molar-refractivity contribution in [2.45, 2.75) is 12.2 Å². The van der Waals surface area contributed by atoms with E-state index in [-0.39, 0.29) is 5.56 Å². The number of para-hydroxylation sites is 1. The molecule has 0 aliphatic carbocycles. The third-order valence-corrected chi connectivity index (χ3v) is 2.55. The molecule has 2 aromatic carbocycles. The molecule has 0 amide bonds. The van der Waals surface area contributed by atoms with E-state index in [4.69, 9.17) is 0 Å². The molecular weight excluding hydrogens is 239 g/mol. The van der Waals surface area contributed by atoms with Gasteiger partial charge in [-0.25, -0.2) is 0 Å². The fourth-order valence-electron chi connectivity index (χ4n) is 1.70. The third-order valence-electron chi connectivity index (χ3n) is 2.55. The Labute approximate surface area is 103 Å². The molecule has 0 spiro atoms. The molecule has 0 unspecified atom stereocenters. The van der Waals surface area contributed by atoms with Crippen LogP contribution in [0.4, 0.5) is 18.9 Å². The van der Waals surface area contributed by atoms with Crippen molar-refractivity contribution in [3.63, 3.8) is 0 Å². The van der Waals surface area contributed by atoms with Crippen molar-refractivity contribution >= 4 is 5.69 Å². The Morgan fingerprint density at radius 1 is 0.778 bits per heavy atom. The highest BCUT2D eigenvalue weighted by Gasteiger charge is 2.40. The van der Waals surface area contributed by atoms with Gasteiger partial charge in [0.1, 0.15) is 6.04 Å². The van der Waals surface area contributed by atoms with Crippen LogP contribution in [0.15, 0.2) is 60.7 Å². The minimum Gasteiger partial charge on any atom is -0.370 e. The van der Waals surface area contributed by atoms with Gasteiger partial charge in [0.2, 0.25) is 0 Å². The van der Waals surface area contributed by atoms with Crippen LogP contribution in [0.25, 0.3) is 0 Å². The molecule has 1 nitrogen and oxygen atoms in total. The summed E-state index contributed by atoms with van der Waals surface area (Å²) in [7, 11) is 0. The van der Waals surface area contributed by atoms with Gasteiger partial charge in [-0.3, -0.25) is 0 Å². The molecule has 0 radical (unpaired) electrons. The van der Waals surface area contributed by atoms with Crippen LogP contribution in [0, 0.1) is 0 Å². The third kappa shape index (κ3) is 3.03. The standard InChI is InChI=1S/C14H12F3N/c15-14(16,17)13(11-7-3-1-4-8-11)18-12-9-5-2-6-10-12/h1-10,13,18H/t13-/m1/s1. The Bertz CT molecular complexity index is 479. The van der Waals surface area contributed by atoms with E-state index in [0.717, 1.165) is 0 Å². The zero-order chi connectivity index (χ0) is 13.0. The number of benzene rings is 2. The van der Waals surface area contributed by atoms with E-state index < -0.39 is 12.2 Å². The predicted octanol–water partition coefficient (Wildman–Crippen LogP) is 4.40. The predicted molar refractivity (Wildman–Crippen MR) is 65.3 cm³/mol. The number of hydrogen-bond donors (Lipinski definition) is 1. The van der Waals surface area contributed by atoms with Gasteiger partial charge in [0.15, 0.2) is 0 Å². The lowest BCUT2D eigenvalue weighted by atomic mass is 10.1. The average Bonchev–Trinajstić information content (AvgIpc) is 2.37. The van der Waals surface area contributed by atoms with Gasteiger partial charge < -0.3 is 5.32 Å². The summed E-state index contributed by atoms with van der Waals surface area (Å²) in [6, 6.07) is 14.5. The van der Waals surface area contributed by atoms with E-state index >= 15 is 0 Å². The SMILES string of the molecule is FC(F)(F)[C@H](Nc1ccccc1)c1ccccc1. The number of nitrogens with one attached hydrogen (secondary N) is 1. The quantitative estimate of drug-likeness (QED) is 0.852. The molecule has 0 saturated heterocycles. The summed E-state index contributed by atoms with van der Waals surface area (Å²) in [5.41, 5.74) is 0.650. The van der Waals surface area contributed by atoms with Crippen LogP contribution in [-0.2, 0) is 0 Å². The van der Waals surface area contributed by atoms with E-state index in [1.807, 2.05) is 0 Å². The normalized spacial score (nSPS) is 13.1. The first-order chi connectivity index (χ1) is 8.57. The van der Waals surface area contributed by atoms with Crippen LogP contribution in [0.2, 0.25) is 0 Å². The number of alkyl halides is 3. The largest absolute Gasteiger partial charge is 0.412 e. The first-order valence-electron chi connectivity index (χ1n) is 5.50. The van der Waals surface area contributed by atoms with Crippen LogP contribution < -0.4 is 5.32 Å². The second-order valence-corrected chi connectivity index (χ2v) is 3.90. The van der Waals surface area contributed by atoms with Crippen molar-refractivity contribution in [3.05, 3.63) is 66.2 Å². The van der Waals surface area contributed by atoms with Crippen LogP contribution >= 0.6 is 0 Å². The number of hydrogen-bond acceptors (Lipinski definition) is 1. The van der Waals surface area contributed by atoms with Crippen molar-refractivity contribution in [1.82, 2.24) is 0 Å². The van der Waals surface area contributed by atoms with E-state index in [1.165, 1.54) is 12.1 Å². The fraction of sp³-hybridized carbons (Fsp3) is 0.143. The monoisotopic (exact) mass is 251 g/mol.